The number of likely N-dealkylation sites (tertiary alicyclic amines) is 1. The number of rotatable bonds is 7. The second-order valence-electron chi connectivity index (χ2n) is 9.40. The zero-order chi connectivity index (χ0) is 26.2. The van der Waals surface area contributed by atoms with Crippen LogP contribution in [0.2, 0.25) is 10.2 Å². The Labute approximate surface area is 218 Å². The Morgan fingerprint density at radius 3 is 2.53 bits per heavy atom. The third-order valence-electron chi connectivity index (χ3n) is 6.54. The summed E-state index contributed by atoms with van der Waals surface area (Å²) in [6.45, 7) is 3.38. The highest BCUT2D eigenvalue weighted by atomic mass is 35.5. The number of carbonyl (C=O) groups excluding carboxylic acids is 2. The number of piperidine rings is 1. The zero-order valence-corrected chi connectivity index (χ0v) is 21.8. The molecule has 0 spiro atoms. The van der Waals surface area contributed by atoms with Crippen molar-refractivity contribution in [1.29, 1.82) is 0 Å². The lowest BCUT2D eigenvalue weighted by Crippen LogP contribution is -2.39. The predicted molar refractivity (Wildman–Crippen MR) is 135 cm³/mol. The lowest BCUT2D eigenvalue weighted by atomic mass is 9.92. The highest BCUT2D eigenvalue weighted by Crippen LogP contribution is 2.33. The molecule has 36 heavy (non-hydrogen) atoms. The van der Waals surface area contributed by atoms with Crippen molar-refractivity contribution in [1.82, 2.24) is 14.5 Å². The van der Waals surface area contributed by atoms with E-state index in [0.29, 0.717) is 43.4 Å². The molecule has 1 amide bonds. The highest BCUT2D eigenvalue weighted by molar-refractivity contribution is 6.37. The zero-order valence-electron chi connectivity index (χ0n) is 20.3. The van der Waals surface area contributed by atoms with Gasteiger partial charge in [0.15, 0.2) is 0 Å². The van der Waals surface area contributed by atoms with Crippen LogP contribution in [0.3, 0.4) is 0 Å². The van der Waals surface area contributed by atoms with Gasteiger partial charge in [-0.25, -0.2) is 4.98 Å². The fraction of sp³-hybridized carbons (Fsp3) is 0.423. The maximum atomic E-state index is 13.3. The molecule has 3 aromatic rings. The van der Waals surface area contributed by atoms with Crippen LogP contribution in [-0.2, 0) is 18.3 Å². The first-order chi connectivity index (χ1) is 16.9. The van der Waals surface area contributed by atoms with E-state index >= 15 is 0 Å². The van der Waals surface area contributed by atoms with Gasteiger partial charge in [0.05, 0.1) is 16.1 Å². The van der Waals surface area contributed by atoms with Crippen molar-refractivity contribution >= 4 is 45.8 Å². The molecule has 1 aliphatic rings. The molecule has 0 radical (unpaired) electrons. The molecule has 192 valence electrons. The minimum absolute atomic E-state index is 0.0557. The van der Waals surface area contributed by atoms with Gasteiger partial charge in [0, 0.05) is 68.8 Å². The summed E-state index contributed by atoms with van der Waals surface area (Å²) in [6, 6.07) is 6.65. The number of nitrogens with zero attached hydrogens (tertiary/aromatic N) is 3. The van der Waals surface area contributed by atoms with E-state index in [1.165, 1.54) is 12.3 Å². The van der Waals surface area contributed by atoms with E-state index in [9.17, 15) is 18.4 Å². The molecule has 10 heteroatoms. The van der Waals surface area contributed by atoms with Crippen molar-refractivity contribution in [2.45, 2.75) is 45.6 Å². The van der Waals surface area contributed by atoms with Gasteiger partial charge in [-0.05, 0) is 43.9 Å². The maximum Gasteiger partial charge on any atom is 0.394 e. The Kier molecular flexibility index (Phi) is 7.57. The number of alkyl halides is 2. The van der Waals surface area contributed by atoms with Gasteiger partial charge in [-0.1, -0.05) is 23.2 Å². The number of hydrogen-bond donors (Lipinski definition) is 0. The molecule has 1 saturated heterocycles. The Hall–Kier alpha value is -2.71. The fourth-order valence-electron chi connectivity index (χ4n) is 4.71. The molecule has 0 unspecified atom stereocenters. The van der Waals surface area contributed by atoms with Crippen molar-refractivity contribution in [3.63, 3.8) is 0 Å². The summed E-state index contributed by atoms with van der Waals surface area (Å²) in [5.74, 6) is 0.294. The van der Waals surface area contributed by atoms with Gasteiger partial charge in [-0.3, -0.25) is 4.79 Å². The molecule has 1 aliphatic heterocycles. The van der Waals surface area contributed by atoms with Crippen LogP contribution in [0.15, 0.2) is 30.5 Å². The molecular formula is C26H27Cl2F2N3O3. The van der Waals surface area contributed by atoms with Gasteiger partial charge < -0.3 is 19.0 Å². The number of carbonyl (C=O) groups is 2. The lowest BCUT2D eigenvalue weighted by Gasteiger charge is -2.32. The maximum absolute atomic E-state index is 13.3. The van der Waals surface area contributed by atoms with Crippen LogP contribution in [0, 0.1) is 5.92 Å². The van der Waals surface area contributed by atoms with Crippen LogP contribution in [0.25, 0.3) is 10.9 Å². The van der Waals surface area contributed by atoms with Gasteiger partial charge in [0.2, 0.25) is 0 Å². The first-order valence-corrected chi connectivity index (χ1v) is 12.5. The number of ether oxygens (including phenoxy) is 1. The van der Waals surface area contributed by atoms with Crippen LogP contribution >= 0.6 is 23.2 Å². The van der Waals surface area contributed by atoms with Gasteiger partial charge in [0.25, 0.3) is 5.91 Å². The SMILES string of the molecule is CC(=O)CC1CCN(C(=O)c2cnc(Cl)c(Cc3cc4ccc(OC(C)(F)F)cc4n3C)c2Cl)CC1. The van der Waals surface area contributed by atoms with Crippen LogP contribution in [0.4, 0.5) is 8.78 Å². The summed E-state index contributed by atoms with van der Waals surface area (Å²) < 4.78 is 33.1. The van der Waals surface area contributed by atoms with E-state index in [0.717, 1.165) is 23.9 Å². The third kappa shape index (κ3) is 5.81. The average Bonchev–Trinajstić information content (AvgIpc) is 3.10. The number of ketones is 1. The molecule has 4 rings (SSSR count). The normalized spacial score (nSPS) is 14.9. The van der Waals surface area contributed by atoms with E-state index in [1.54, 1.807) is 31.0 Å². The Morgan fingerprint density at radius 1 is 1.19 bits per heavy atom. The van der Waals surface area contributed by atoms with Crippen molar-refractivity contribution in [3.05, 3.63) is 57.5 Å². The smallest absolute Gasteiger partial charge is 0.394 e. The van der Waals surface area contributed by atoms with Gasteiger partial charge in [-0.15, -0.1) is 0 Å². The minimum atomic E-state index is -3.29. The molecule has 3 heterocycles. The molecule has 0 bridgehead atoms. The second kappa shape index (κ2) is 10.3. The molecule has 2 aromatic heterocycles. The summed E-state index contributed by atoms with van der Waals surface area (Å²) in [6.07, 6.45) is 0.468. The van der Waals surface area contributed by atoms with Crippen molar-refractivity contribution < 1.29 is 23.1 Å². The monoisotopic (exact) mass is 537 g/mol. The second-order valence-corrected chi connectivity index (χ2v) is 10.1. The molecule has 1 fully saturated rings. The van der Waals surface area contributed by atoms with E-state index in [1.807, 2.05) is 10.6 Å². The number of Topliss-reactive ketones (excluding diaryl/α,β-unsaturated/α-hetero) is 1. The van der Waals surface area contributed by atoms with Gasteiger partial charge in [-0.2, -0.15) is 8.78 Å². The fourth-order valence-corrected chi connectivity index (χ4v) is 5.26. The third-order valence-corrected chi connectivity index (χ3v) is 7.29. The highest BCUT2D eigenvalue weighted by Gasteiger charge is 2.28. The minimum Gasteiger partial charge on any atom is -0.433 e. The molecule has 0 aliphatic carbocycles. The number of benzene rings is 1. The van der Waals surface area contributed by atoms with Gasteiger partial charge >= 0.3 is 6.11 Å². The van der Waals surface area contributed by atoms with Gasteiger partial charge in [0.1, 0.15) is 16.7 Å². The number of aromatic nitrogens is 2. The summed E-state index contributed by atoms with van der Waals surface area (Å²) in [5.41, 5.74) is 2.30. The Bertz CT molecular complexity index is 1310. The van der Waals surface area contributed by atoms with E-state index in [2.05, 4.69) is 4.98 Å². The summed E-state index contributed by atoms with van der Waals surface area (Å²) in [5, 5.41) is 1.27. The Balaban J connectivity index is 1.57. The summed E-state index contributed by atoms with van der Waals surface area (Å²) in [4.78, 5) is 30.6. The molecule has 1 aromatic carbocycles. The molecule has 6 nitrogen and oxygen atoms in total. The predicted octanol–water partition coefficient (Wildman–Crippen LogP) is 6.29. The Morgan fingerprint density at radius 2 is 1.89 bits per heavy atom. The van der Waals surface area contributed by atoms with Crippen molar-refractivity contribution in [2.24, 2.45) is 13.0 Å². The van der Waals surface area contributed by atoms with Crippen LogP contribution in [-0.4, -0.2) is 45.3 Å². The average molecular weight is 538 g/mol. The standard InChI is InChI=1S/C26H27Cl2F2N3O3/c1-15(34)10-16-6-8-33(9-7-16)25(35)21-14-31-24(28)20(23(21)27)12-18-11-17-4-5-19(36-26(2,29)30)13-22(17)32(18)3/h4-5,11,13-14,16H,6-10,12H2,1-3H3. The lowest BCUT2D eigenvalue weighted by molar-refractivity contribution is -0.158. The first kappa shape index (κ1) is 26.4. The molecule has 0 N–H and O–H groups in total. The summed E-state index contributed by atoms with van der Waals surface area (Å²) in [7, 11) is 1.81. The topological polar surface area (TPSA) is 64.4 Å². The first-order valence-electron chi connectivity index (χ1n) is 11.7. The van der Waals surface area contributed by atoms with Crippen LogP contribution in [0.5, 0.6) is 5.75 Å². The quantitative estimate of drug-likeness (QED) is 0.332. The number of hydrogen-bond acceptors (Lipinski definition) is 4. The molecule has 0 atom stereocenters. The number of pyridine rings is 1. The van der Waals surface area contributed by atoms with E-state index in [-0.39, 0.29) is 39.6 Å². The molecule has 0 saturated carbocycles. The van der Waals surface area contributed by atoms with Crippen LogP contribution in [0.1, 0.15) is 54.7 Å². The number of halogens is 4. The number of aryl methyl sites for hydroxylation is 1. The number of amides is 1. The van der Waals surface area contributed by atoms with Crippen molar-refractivity contribution in [3.8, 4) is 5.75 Å². The van der Waals surface area contributed by atoms with Crippen molar-refractivity contribution in [2.75, 3.05) is 13.1 Å². The largest absolute Gasteiger partial charge is 0.433 e. The molecular weight excluding hydrogens is 511 g/mol. The van der Waals surface area contributed by atoms with Crippen LogP contribution < -0.4 is 4.74 Å². The van der Waals surface area contributed by atoms with E-state index in [4.69, 9.17) is 27.9 Å². The summed E-state index contributed by atoms with van der Waals surface area (Å²) >= 11 is 13.1. The number of fused-ring (bicyclic) bond motifs is 1. The van der Waals surface area contributed by atoms with E-state index < -0.39 is 6.11 Å².